The Morgan fingerprint density at radius 2 is 2.28 bits per heavy atom. The quantitative estimate of drug-likeness (QED) is 0.931. The predicted molar refractivity (Wildman–Crippen MR) is 76.3 cm³/mol. The van der Waals surface area contributed by atoms with Gasteiger partial charge >= 0.3 is 0 Å². The van der Waals surface area contributed by atoms with Crippen molar-refractivity contribution >= 4 is 21.8 Å². The summed E-state index contributed by atoms with van der Waals surface area (Å²) in [6, 6.07) is 8.16. The van der Waals surface area contributed by atoms with E-state index in [1.165, 1.54) is 6.42 Å². The molecule has 18 heavy (non-hydrogen) atoms. The summed E-state index contributed by atoms with van der Waals surface area (Å²) in [5.41, 5.74) is 6.80. The molecule has 2 rings (SSSR count). The van der Waals surface area contributed by atoms with E-state index in [1.54, 1.807) is 0 Å². The van der Waals surface area contributed by atoms with Crippen molar-refractivity contribution in [3.05, 3.63) is 34.3 Å². The van der Waals surface area contributed by atoms with Crippen LogP contribution >= 0.6 is 15.9 Å². The van der Waals surface area contributed by atoms with Gasteiger partial charge in [-0.05, 0) is 37.0 Å². The summed E-state index contributed by atoms with van der Waals surface area (Å²) in [5, 5.41) is 0. The molecule has 1 aromatic rings. The van der Waals surface area contributed by atoms with Crippen LogP contribution in [0.1, 0.15) is 24.8 Å². The van der Waals surface area contributed by atoms with E-state index in [4.69, 9.17) is 5.73 Å². The van der Waals surface area contributed by atoms with E-state index >= 15 is 0 Å². The Morgan fingerprint density at radius 3 is 3.00 bits per heavy atom. The molecule has 4 heteroatoms. The van der Waals surface area contributed by atoms with Crippen LogP contribution in [0.2, 0.25) is 0 Å². The lowest BCUT2D eigenvalue weighted by Gasteiger charge is -2.35. The van der Waals surface area contributed by atoms with Crippen LogP contribution in [0.25, 0.3) is 0 Å². The first kappa shape index (κ1) is 13.6. The summed E-state index contributed by atoms with van der Waals surface area (Å²) >= 11 is 3.43. The van der Waals surface area contributed by atoms with Crippen molar-refractivity contribution in [1.82, 2.24) is 4.90 Å². The van der Waals surface area contributed by atoms with E-state index in [0.717, 1.165) is 29.4 Å². The highest BCUT2D eigenvalue weighted by molar-refractivity contribution is 9.10. The van der Waals surface area contributed by atoms with E-state index in [9.17, 15) is 4.79 Å². The molecule has 1 aromatic carbocycles. The third-order valence-corrected chi connectivity index (χ3v) is 3.96. The molecule has 1 atom stereocenters. The van der Waals surface area contributed by atoms with Crippen LogP contribution in [-0.4, -0.2) is 29.9 Å². The van der Waals surface area contributed by atoms with Crippen LogP contribution in [0.15, 0.2) is 28.7 Å². The minimum Gasteiger partial charge on any atom is -0.338 e. The molecule has 0 radical (unpaired) electrons. The van der Waals surface area contributed by atoms with Gasteiger partial charge in [-0.1, -0.05) is 28.1 Å². The minimum atomic E-state index is 0.197. The number of piperidine rings is 1. The highest BCUT2D eigenvalue weighted by atomic mass is 79.9. The van der Waals surface area contributed by atoms with Gasteiger partial charge in [0.05, 0.1) is 6.42 Å². The van der Waals surface area contributed by atoms with Gasteiger partial charge in [0, 0.05) is 23.6 Å². The Bertz CT molecular complexity index is 422. The number of nitrogens with zero attached hydrogens (tertiary/aromatic N) is 1. The summed E-state index contributed by atoms with van der Waals surface area (Å²) in [5.74, 6) is 0.197. The van der Waals surface area contributed by atoms with Crippen LogP contribution < -0.4 is 5.73 Å². The normalized spacial score (nSPS) is 19.9. The summed E-state index contributed by atoms with van der Waals surface area (Å²) in [6.45, 7) is 1.43. The van der Waals surface area contributed by atoms with Crippen LogP contribution in [-0.2, 0) is 11.2 Å². The van der Waals surface area contributed by atoms with Crippen molar-refractivity contribution < 1.29 is 4.79 Å². The number of likely N-dealkylation sites (tertiary alicyclic amines) is 1. The molecule has 1 unspecified atom stereocenters. The van der Waals surface area contributed by atoms with E-state index < -0.39 is 0 Å². The zero-order valence-electron chi connectivity index (χ0n) is 10.4. The second-order valence-electron chi connectivity index (χ2n) is 4.78. The van der Waals surface area contributed by atoms with Crippen molar-refractivity contribution in [3.63, 3.8) is 0 Å². The summed E-state index contributed by atoms with van der Waals surface area (Å²) < 4.78 is 1.02. The van der Waals surface area contributed by atoms with Crippen molar-refractivity contribution in [2.24, 2.45) is 5.73 Å². The van der Waals surface area contributed by atoms with Gasteiger partial charge in [-0.2, -0.15) is 0 Å². The number of rotatable bonds is 3. The molecule has 1 amide bonds. The van der Waals surface area contributed by atoms with E-state index in [0.29, 0.717) is 13.0 Å². The Balaban J connectivity index is 2.02. The highest BCUT2D eigenvalue weighted by Gasteiger charge is 2.25. The molecule has 0 saturated carbocycles. The van der Waals surface area contributed by atoms with Crippen LogP contribution in [0, 0.1) is 0 Å². The third kappa shape index (κ3) is 3.33. The zero-order chi connectivity index (χ0) is 13.0. The van der Waals surface area contributed by atoms with Crippen LogP contribution in [0.4, 0.5) is 0 Å². The summed E-state index contributed by atoms with van der Waals surface area (Å²) in [6.07, 6.45) is 3.79. The van der Waals surface area contributed by atoms with Gasteiger partial charge in [-0.15, -0.1) is 0 Å². The average Bonchev–Trinajstić information content (AvgIpc) is 2.38. The molecule has 2 N–H and O–H groups in total. The number of carbonyl (C=O) groups is 1. The molecule has 1 aliphatic rings. The number of amides is 1. The van der Waals surface area contributed by atoms with Crippen molar-refractivity contribution in [2.45, 2.75) is 31.7 Å². The van der Waals surface area contributed by atoms with E-state index in [2.05, 4.69) is 15.9 Å². The minimum absolute atomic E-state index is 0.197. The van der Waals surface area contributed by atoms with Gasteiger partial charge in [0.1, 0.15) is 0 Å². The Labute approximate surface area is 116 Å². The number of hydrogen-bond acceptors (Lipinski definition) is 2. The van der Waals surface area contributed by atoms with Crippen LogP contribution in [0.3, 0.4) is 0 Å². The lowest BCUT2D eigenvalue weighted by molar-refractivity contribution is -0.133. The second-order valence-corrected chi connectivity index (χ2v) is 5.69. The van der Waals surface area contributed by atoms with Gasteiger partial charge in [0.2, 0.25) is 5.91 Å². The number of benzene rings is 1. The standard InChI is InChI=1S/C14H19BrN2O/c15-12-5-3-4-11(8-12)9-14(18)17-7-2-1-6-13(17)10-16/h3-5,8,13H,1-2,6-7,9-10,16H2. The fourth-order valence-corrected chi connectivity index (χ4v) is 2.94. The smallest absolute Gasteiger partial charge is 0.227 e. The van der Waals surface area contributed by atoms with Gasteiger partial charge < -0.3 is 10.6 Å². The number of carbonyl (C=O) groups excluding carboxylic acids is 1. The predicted octanol–water partition coefficient (Wildman–Crippen LogP) is 2.33. The molecule has 1 aliphatic heterocycles. The molecule has 3 nitrogen and oxygen atoms in total. The lowest BCUT2D eigenvalue weighted by Crippen LogP contribution is -2.48. The largest absolute Gasteiger partial charge is 0.338 e. The van der Waals surface area contributed by atoms with E-state index in [-0.39, 0.29) is 11.9 Å². The molecular formula is C14H19BrN2O. The molecule has 98 valence electrons. The maximum Gasteiger partial charge on any atom is 0.227 e. The van der Waals surface area contributed by atoms with Gasteiger partial charge in [-0.25, -0.2) is 0 Å². The molecule has 0 spiro atoms. The SMILES string of the molecule is NCC1CCCCN1C(=O)Cc1cccc(Br)c1. The monoisotopic (exact) mass is 310 g/mol. The van der Waals surface area contributed by atoms with Gasteiger partial charge in [0.15, 0.2) is 0 Å². The molecule has 1 saturated heterocycles. The maximum atomic E-state index is 12.3. The summed E-state index contributed by atoms with van der Waals surface area (Å²) in [7, 11) is 0. The highest BCUT2D eigenvalue weighted by Crippen LogP contribution is 2.18. The van der Waals surface area contributed by atoms with Gasteiger partial charge in [-0.3, -0.25) is 4.79 Å². The first-order valence-corrected chi connectivity index (χ1v) is 7.24. The maximum absolute atomic E-state index is 12.3. The Hall–Kier alpha value is -0.870. The van der Waals surface area contributed by atoms with Gasteiger partial charge in [0.25, 0.3) is 0 Å². The van der Waals surface area contributed by atoms with Crippen molar-refractivity contribution in [1.29, 1.82) is 0 Å². The molecule has 1 heterocycles. The lowest BCUT2D eigenvalue weighted by atomic mass is 10.0. The molecule has 0 aromatic heterocycles. The third-order valence-electron chi connectivity index (χ3n) is 3.46. The van der Waals surface area contributed by atoms with Crippen LogP contribution in [0.5, 0.6) is 0 Å². The van der Waals surface area contributed by atoms with E-state index in [1.807, 2.05) is 29.2 Å². The molecule has 0 aliphatic carbocycles. The topological polar surface area (TPSA) is 46.3 Å². The zero-order valence-corrected chi connectivity index (χ0v) is 12.0. The fraction of sp³-hybridized carbons (Fsp3) is 0.500. The average molecular weight is 311 g/mol. The Kier molecular flexibility index (Phi) is 4.78. The Morgan fingerprint density at radius 1 is 1.44 bits per heavy atom. The molecule has 1 fully saturated rings. The van der Waals surface area contributed by atoms with Crippen molar-refractivity contribution in [2.75, 3.05) is 13.1 Å². The number of hydrogen-bond donors (Lipinski definition) is 1. The number of halogens is 1. The summed E-state index contributed by atoms with van der Waals surface area (Å²) in [4.78, 5) is 14.3. The second kappa shape index (κ2) is 6.34. The first-order chi connectivity index (χ1) is 8.70. The fourth-order valence-electron chi connectivity index (χ4n) is 2.50. The molecule has 0 bridgehead atoms. The first-order valence-electron chi connectivity index (χ1n) is 6.44. The van der Waals surface area contributed by atoms with Crippen molar-refractivity contribution in [3.8, 4) is 0 Å². The molecular weight excluding hydrogens is 292 g/mol. The number of nitrogens with two attached hydrogens (primary N) is 1.